The van der Waals surface area contributed by atoms with Crippen LogP contribution >= 0.6 is 0 Å². The maximum absolute atomic E-state index is 12.5. The molecule has 2 aromatic rings. The van der Waals surface area contributed by atoms with E-state index < -0.39 is 10.8 Å². The molecule has 1 heterocycles. The summed E-state index contributed by atoms with van der Waals surface area (Å²) in [6.45, 7) is 4.28. The van der Waals surface area contributed by atoms with Crippen molar-refractivity contribution in [3.05, 3.63) is 60.2 Å². The number of carbonyl (C=O) groups excluding carboxylic acids is 1. The second-order valence-electron chi connectivity index (χ2n) is 7.32. The van der Waals surface area contributed by atoms with E-state index >= 15 is 0 Å². The monoisotopic (exact) mass is 384 g/mol. The lowest BCUT2D eigenvalue weighted by molar-refractivity contribution is -0.117. The van der Waals surface area contributed by atoms with E-state index in [4.69, 9.17) is 0 Å². The van der Waals surface area contributed by atoms with E-state index in [1.807, 2.05) is 54.6 Å². The Morgan fingerprint density at radius 1 is 1.15 bits per heavy atom. The van der Waals surface area contributed by atoms with Gasteiger partial charge < -0.3 is 10.6 Å². The standard InChI is InChI=1S/C22H28N2O2S/c1-17(19-10-12-23-13-11-19)14-22(25)24-20-7-5-6-18(15-20)16-27(26)21-8-3-2-4-9-21/h2-9,15,17,19,23H,10-14,16H2,1H3,(H,24,25). The molecule has 2 aromatic carbocycles. The molecule has 0 radical (unpaired) electrons. The summed E-state index contributed by atoms with van der Waals surface area (Å²) in [4.78, 5) is 13.3. The first-order valence-corrected chi connectivity index (χ1v) is 11.0. The summed E-state index contributed by atoms with van der Waals surface area (Å²) in [5.74, 6) is 1.51. The minimum absolute atomic E-state index is 0.0577. The summed E-state index contributed by atoms with van der Waals surface area (Å²) in [5.41, 5.74) is 1.74. The number of amides is 1. The molecule has 0 aromatic heterocycles. The molecule has 0 spiro atoms. The van der Waals surface area contributed by atoms with Crippen molar-refractivity contribution in [1.29, 1.82) is 0 Å². The molecular formula is C22H28N2O2S. The van der Waals surface area contributed by atoms with E-state index in [9.17, 15) is 9.00 Å². The van der Waals surface area contributed by atoms with E-state index in [0.29, 0.717) is 24.0 Å². The first-order valence-electron chi connectivity index (χ1n) is 9.65. The van der Waals surface area contributed by atoms with Crippen molar-refractivity contribution in [3.8, 4) is 0 Å². The Labute approximate surface area is 164 Å². The van der Waals surface area contributed by atoms with Crippen LogP contribution in [-0.4, -0.2) is 23.2 Å². The second kappa shape index (κ2) is 9.81. The zero-order valence-corrected chi connectivity index (χ0v) is 16.6. The van der Waals surface area contributed by atoms with Gasteiger partial charge in [-0.1, -0.05) is 37.3 Å². The number of hydrogen-bond donors (Lipinski definition) is 2. The third-order valence-corrected chi connectivity index (χ3v) is 6.60. The van der Waals surface area contributed by atoms with Gasteiger partial charge in [-0.2, -0.15) is 0 Å². The lowest BCUT2D eigenvalue weighted by Gasteiger charge is -2.27. The lowest BCUT2D eigenvalue weighted by Crippen LogP contribution is -2.32. The fourth-order valence-corrected chi connectivity index (χ4v) is 4.74. The molecule has 3 rings (SSSR count). The summed E-state index contributed by atoms with van der Waals surface area (Å²) < 4.78 is 12.5. The Morgan fingerprint density at radius 3 is 2.63 bits per heavy atom. The third-order valence-electron chi connectivity index (χ3n) is 5.21. The molecule has 1 aliphatic rings. The van der Waals surface area contributed by atoms with Crippen molar-refractivity contribution >= 4 is 22.4 Å². The molecule has 144 valence electrons. The molecule has 1 aliphatic heterocycles. The number of anilines is 1. The van der Waals surface area contributed by atoms with Crippen LogP contribution < -0.4 is 10.6 Å². The van der Waals surface area contributed by atoms with Gasteiger partial charge in [-0.25, -0.2) is 0 Å². The molecule has 4 nitrogen and oxygen atoms in total. The van der Waals surface area contributed by atoms with Crippen LogP contribution in [0.25, 0.3) is 0 Å². The third kappa shape index (κ3) is 6.01. The zero-order chi connectivity index (χ0) is 19.1. The molecule has 2 unspecified atom stereocenters. The molecule has 0 bridgehead atoms. The normalized spacial score (nSPS) is 17.2. The van der Waals surface area contributed by atoms with Gasteiger partial charge in [0.1, 0.15) is 0 Å². The summed E-state index contributed by atoms with van der Waals surface area (Å²) in [5, 5.41) is 6.38. The Bertz CT molecular complexity index is 773. The Kier molecular flexibility index (Phi) is 7.18. The minimum atomic E-state index is -1.09. The predicted molar refractivity (Wildman–Crippen MR) is 111 cm³/mol. The number of rotatable bonds is 7. The van der Waals surface area contributed by atoms with Crippen molar-refractivity contribution in [3.63, 3.8) is 0 Å². The van der Waals surface area contributed by atoms with Gasteiger partial charge in [0.2, 0.25) is 5.91 Å². The highest BCUT2D eigenvalue weighted by Gasteiger charge is 2.22. The highest BCUT2D eigenvalue weighted by Crippen LogP contribution is 2.25. The lowest BCUT2D eigenvalue weighted by atomic mass is 9.84. The number of benzene rings is 2. The average Bonchev–Trinajstić information content (AvgIpc) is 2.69. The molecule has 0 aliphatic carbocycles. The van der Waals surface area contributed by atoms with E-state index in [1.165, 1.54) is 0 Å². The smallest absolute Gasteiger partial charge is 0.224 e. The molecule has 2 N–H and O–H groups in total. The molecule has 2 atom stereocenters. The molecule has 27 heavy (non-hydrogen) atoms. The van der Waals surface area contributed by atoms with Crippen molar-refractivity contribution in [2.45, 2.75) is 36.8 Å². The van der Waals surface area contributed by atoms with Crippen LogP contribution in [0.4, 0.5) is 5.69 Å². The Hall–Kier alpha value is -1.98. The number of piperidine rings is 1. The van der Waals surface area contributed by atoms with Crippen molar-refractivity contribution < 1.29 is 9.00 Å². The summed E-state index contributed by atoms with van der Waals surface area (Å²) >= 11 is 0. The fraction of sp³-hybridized carbons (Fsp3) is 0.409. The van der Waals surface area contributed by atoms with Crippen LogP contribution in [0.2, 0.25) is 0 Å². The van der Waals surface area contributed by atoms with Gasteiger partial charge in [0.05, 0.1) is 16.6 Å². The van der Waals surface area contributed by atoms with Gasteiger partial charge in [-0.05, 0) is 67.6 Å². The molecular weight excluding hydrogens is 356 g/mol. The molecule has 1 saturated heterocycles. The average molecular weight is 385 g/mol. The second-order valence-corrected chi connectivity index (χ2v) is 8.77. The number of hydrogen-bond acceptors (Lipinski definition) is 3. The van der Waals surface area contributed by atoms with Crippen molar-refractivity contribution in [2.24, 2.45) is 11.8 Å². The van der Waals surface area contributed by atoms with Gasteiger partial charge in [0.15, 0.2) is 0 Å². The van der Waals surface area contributed by atoms with Crippen LogP contribution in [-0.2, 0) is 21.3 Å². The van der Waals surface area contributed by atoms with Crippen LogP contribution in [0.3, 0.4) is 0 Å². The molecule has 1 amide bonds. The fourth-order valence-electron chi connectivity index (χ4n) is 3.63. The van der Waals surface area contributed by atoms with Crippen LogP contribution in [0, 0.1) is 11.8 Å². The van der Waals surface area contributed by atoms with Gasteiger partial charge in [0.25, 0.3) is 0 Å². The highest BCUT2D eigenvalue weighted by atomic mass is 32.2. The van der Waals surface area contributed by atoms with Crippen LogP contribution in [0.1, 0.15) is 31.7 Å². The SMILES string of the molecule is CC(CC(=O)Nc1cccc(CS(=O)c2ccccc2)c1)C1CCNCC1. The number of carbonyl (C=O) groups is 1. The maximum atomic E-state index is 12.5. The van der Waals surface area contributed by atoms with Gasteiger partial charge >= 0.3 is 0 Å². The van der Waals surface area contributed by atoms with E-state index in [2.05, 4.69) is 17.6 Å². The van der Waals surface area contributed by atoms with E-state index in [0.717, 1.165) is 42.1 Å². The zero-order valence-electron chi connectivity index (χ0n) is 15.8. The van der Waals surface area contributed by atoms with E-state index in [-0.39, 0.29) is 5.91 Å². The van der Waals surface area contributed by atoms with Crippen molar-refractivity contribution in [2.75, 3.05) is 18.4 Å². The summed E-state index contributed by atoms with van der Waals surface area (Å²) in [7, 11) is -1.09. The summed E-state index contributed by atoms with van der Waals surface area (Å²) in [6, 6.07) is 17.1. The Morgan fingerprint density at radius 2 is 1.89 bits per heavy atom. The van der Waals surface area contributed by atoms with Gasteiger partial charge in [-0.3, -0.25) is 9.00 Å². The topological polar surface area (TPSA) is 58.2 Å². The first-order chi connectivity index (χ1) is 13.1. The van der Waals surface area contributed by atoms with E-state index in [1.54, 1.807) is 0 Å². The molecule has 0 saturated carbocycles. The largest absolute Gasteiger partial charge is 0.326 e. The van der Waals surface area contributed by atoms with Crippen LogP contribution in [0.5, 0.6) is 0 Å². The first kappa shape index (κ1) is 19.8. The predicted octanol–water partition coefficient (Wildman–Crippen LogP) is 3.96. The summed E-state index contributed by atoms with van der Waals surface area (Å²) in [6.07, 6.45) is 2.84. The quantitative estimate of drug-likeness (QED) is 0.760. The van der Waals surface area contributed by atoms with Gasteiger partial charge in [0, 0.05) is 17.0 Å². The van der Waals surface area contributed by atoms with Crippen LogP contribution in [0.15, 0.2) is 59.5 Å². The molecule has 1 fully saturated rings. The Balaban J connectivity index is 1.55. The highest BCUT2D eigenvalue weighted by molar-refractivity contribution is 7.84. The van der Waals surface area contributed by atoms with Gasteiger partial charge in [-0.15, -0.1) is 0 Å². The number of nitrogens with one attached hydrogen (secondary N) is 2. The minimum Gasteiger partial charge on any atom is -0.326 e. The van der Waals surface area contributed by atoms with Crippen molar-refractivity contribution in [1.82, 2.24) is 5.32 Å². The maximum Gasteiger partial charge on any atom is 0.224 e. The molecule has 5 heteroatoms.